The van der Waals surface area contributed by atoms with E-state index in [-0.39, 0.29) is 35.8 Å². The number of hydrogen-bond acceptors (Lipinski definition) is 5. The second-order valence-corrected chi connectivity index (χ2v) is 10.4. The van der Waals surface area contributed by atoms with Crippen molar-refractivity contribution in [3.05, 3.63) is 47.8 Å². The molecule has 5 rings (SSSR count). The van der Waals surface area contributed by atoms with Gasteiger partial charge >= 0.3 is 6.09 Å². The Morgan fingerprint density at radius 2 is 1.85 bits per heavy atom. The average Bonchev–Trinajstić information content (AvgIpc) is 3.18. The second-order valence-electron chi connectivity index (χ2n) is 10.4. The summed E-state index contributed by atoms with van der Waals surface area (Å²) in [5, 5.41) is 2.80. The van der Waals surface area contributed by atoms with Crippen molar-refractivity contribution in [1.29, 1.82) is 0 Å². The number of hydrogen-bond donors (Lipinski definition) is 1. The number of fused-ring (bicyclic) bond motifs is 1. The Kier molecular flexibility index (Phi) is 4.88. The number of piperidine rings is 1. The molecular weight excluding hydrogens is 425 g/mol. The highest BCUT2D eigenvalue weighted by Gasteiger charge is 2.59. The van der Waals surface area contributed by atoms with Crippen molar-refractivity contribution < 1.29 is 23.5 Å². The van der Waals surface area contributed by atoms with Crippen molar-refractivity contribution in [3.63, 3.8) is 0 Å². The molecule has 2 saturated heterocycles. The molecule has 1 N–H and O–H groups in total. The lowest BCUT2D eigenvalue weighted by Crippen LogP contribution is -2.60. The van der Waals surface area contributed by atoms with E-state index in [1.807, 2.05) is 39.8 Å². The molecule has 3 fully saturated rings. The monoisotopic (exact) mass is 453 g/mol. The Morgan fingerprint density at radius 3 is 2.39 bits per heavy atom. The van der Waals surface area contributed by atoms with Crippen LogP contribution in [0.1, 0.15) is 33.3 Å². The first-order chi connectivity index (χ1) is 15.5. The SMILES string of the molecule is CC(C)(C)OC(=O)N1C[C@@H]2[C@H](C1)[C@@H]2Oc1cc(C2(C)CNC2=O)cc(-c2ccc(F)cc2)n1. The number of carbonyl (C=O) groups is 2. The molecule has 0 spiro atoms. The van der Waals surface area contributed by atoms with Gasteiger partial charge in [0.25, 0.3) is 0 Å². The summed E-state index contributed by atoms with van der Waals surface area (Å²) in [5.74, 6) is 0.550. The minimum absolute atomic E-state index is 0.0319. The zero-order chi connectivity index (χ0) is 23.5. The Balaban J connectivity index is 1.34. The van der Waals surface area contributed by atoms with Gasteiger partial charge in [-0.05, 0) is 63.6 Å². The molecule has 1 unspecified atom stereocenters. The Labute approximate surface area is 192 Å². The van der Waals surface area contributed by atoms with E-state index in [0.717, 1.165) is 11.1 Å². The number of rotatable bonds is 4. The summed E-state index contributed by atoms with van der Waals surface area (Å²) in [6, 6.07) is 9.80. The summed E-state index contributed by atoms with van der Waals surface area (Å²) in [4.78, 5) is 31.0. The molecule has 7 nitrogen and oxygen atoms in total. The van der Waals surface area contributed by atoms with Crippen LogP contribution in [0, 0.1) is 17.7 Å². The molecule has 2 amide bonds. The minimum atomic E-state index is -0.650. The van der Waals surface area contributed by atoms with Crippen molar-refractivity contribution in [1.82, 2.24) is 15.2 Å². The summed E-state index contributed by atoms with van der Waals surface area (Å²) in [7, 11) is 0. The van der Waals surface area contributed by atoms with Crippen LogP contribution in [0.15, 0.2) is 36.4 Å². The molecule has 1 aliphatic carbocycles. The van der Waals surface area contributed by atoms with Gasteiger partial charge in [0.1, 0.15) is 17.5 Å². The van der Waals surface area contributed by atoms with Crippen molar-refractivity contribution in [2.45, 2.75) is 44.8 Å². The molecule has 1 aromatic carbocycles. The Hall–Kier alpha value is -3.16. The molecule has 3 heterocycles. The summed E-state index contributed by atoms with van der Waals surface area (Å²) >= 11 is 0. The number of nitrogens with one attached hydrogen (secondary N) is 1. The summed E-state index contributed by atoms with van der Waals surface area (Å²) in [6.45, 7) is 9.18. The molecule has 2 aliphatic heterocycles. The van der Waals surface area contributed by atoms with Crippen LogP contribution < -0.4 is 10.1 Å². The van der Waals surface area contributed by atoms with E-state index < -0.39 is 11.0 Å². The van der Waals surface area contributed by atoms with Gasteiger partial charge in [-0.1, -0.05) is 0 Å². The quantitative estimate of drug-likeness (QED) is 0.717. The van der Waals surface area contributed by atoms with Gasteiger partial charge in [0.15, 0.2) is 0 Å². The van der Waals surface area contributed by atoms with Gasteiger partial charge < -0.3 is 19.7 Å². The van der Waals surface area contributed by atoms with E-state index >= 15 is 0 Å². The number of benzene rings is 1. The van der Waals surface area contributed by atoms with Crippen molar-refractivity contribution in [2.75, 3.05) is 19.6 Å². The van der Waals surface area contributed by atoms with E-state index in [2.05, 4.69) is 10.3 Å². The van der Waals surface area contributed by atoms with Crippen molar-refractivity contribution in [2.24, 2.45) is 11.8 Å². The number of ether oxygens (including phenoxy) is 2. The van der Waals surface area contributed by atoms with Gasteiger partial charge in [-0.15, -0.1) is 0 Å². The third-order valence-corrected chi connectivity index (χ3v) is 6.71. The average molecular weight is 454 g/mol. The maximum absolute atomic E-state index is 13.4. The molecule has 0 bridgehead atoms. The zero-order valence-electron chi connectivity index (χ0n) is 19.2. The molecule has 1 saturated carbocycles. The third kappa shape index (κ3) is 4.03. The second kappa shape index (κ2) is 7.43. The normalized spacial score (nSPS) is 28.0. The fraction of sp³-hybridized carbons (Fsp3) is 0.480. The zero-order valence-corrected chi connectivity index (χ0v) is 19.2. The number of amides is 2. The maximum atomic E-state index is 13.4. The molecule has 2 aromatic rings. The number of pyridine rings is 1. The number of likely N-dealkylation sites (tertiary alicyclic amines) is 1. The molecule has 33 heavy (non-hydrogen) atoms. The van der Waals surface area contributed by atoms with E-state index in [0.29, 0.717) is 31.2 Å². The fourth-order valence-electron chi connectivity index (χ4n) is 4.57. The maximum Gasteiger partial charge on any atom is 0.410 e. The molecule has 8 heteroatoms. The summed E-state index contributed by atoms with van der Waals surface area (Å²) in [5.41, 5.74) is 1.02. The van der Waals surface area contributed by atoms with Gasteiger partial charge in [-0.25, -0.2) is 14.2 Å². The van der Waals surface area contributed by atoms with E-state index in [1.165, 1.54) is 12.1 Å². The topological polar surface area (TPSA) is 80.8 Å². The first-order valence-electron chi connectivity index (χ1n) is 11.2. The predicted molar refractivity (Wildman–Crippen MR) is 119 cm³/mol. The van der Waals surface area contributed by atoms with E-state index in [1.54, 1.807) is 17.0 Å². The van der Waals surface area contributed by atoms with Gasteiger partial charge in [-0.2, -0.15) is 0 Å². The highest BCUT2D eigenvalue weighted by Crippen LogP contribution is 2.48. The summed E-state index contributed by atoms with van der Waals surface area (Å²) < 4.78 is 25.1. The van der Waals surface area contributed by atoms with Crippen LogP contribution in [0.2, 0.25) is 0 Å². The predicted octanol–water partition coefficient (Wildman–Crippen LogP) is 3.52. The highest BCUT2D eigenvalue weighted by atomic mass is 19.1. The number of aromatic nitrogens is 1. The van der Waals surface area contributed by atoms with Crippen LogP contribution in [0.3, 0.4) is 0 Å². The van der Waals surface area contributed by atoms with Crippen LogP contribution in [-0.2, 0) is 14.9 Å². The number of halogens is 1. The van der Waals surface area contributed by atoms with Gasteiger partial charge in [0.2, 0.25) is 11.8 Å². The molecule has 4 atom stereocenters. The lowest BCUT2D eigenvalue weighted by atomic mass is 9.76. The van der Waals surface area contributed by atoms with Gasteiger partial charge in [-0.3, -0.25) is 4.79 Å². The standard InChI is InChI=1S/C25H28FN3O4/c1-24(2,3)33-23(31)29-11-17-18(12-29)21(17)32-20-10-15(25(4)13-27-22(25)30)9-19(28-20)14-5-7-16(26)8-6-14/h5-10,17-18,21H,11-13H2,1-4H3,(H,27,30)/t17-,18+,21-,25?. The van der Waals surface area contributed by atoms with Crippen LogP contribution in [-0.4, -0.2) is 53.2 Å². The molecule has 0 radical (unpaired) electrons. The molecular formula is C25H28FN3O4. The van der Waals surface area contributed by atoms with Gasteiger partial charge in [0.05, 0.1) is 11.1 Å². The first-order valence-corrected chi connectivity index (χ1v) is 11.2. The van der Waals surface area contributed by atoms with Crippen molar-refractivity contribution >= 4 is 12.0 Å². The number of nitrogens with zero attached hydrogens (tertiary/aromatic N) is 2. The van der Waals surface area contributed by atoms with Crippen LogP contribution in [0.25, 0.3) is 11.3 Å². The number of carbonyl (C=O) groups excluding carboxylic acids is 2. The first kappa shape index (κ1) is 21.7. The van der Waals surface area contributed by atoms with E-state index in [4.69, 9.17) is 9.47 Å². The minimum Gasteiger partial charge on any atom is -0.474 e. The lowest BCUT2D eigenvalue weighted by Gasteiger charge is -2.38. The van der Waals surface area contributed by atoms with Crippen LogP contribution >= 0.6 is 0 Å². The smallest absolute Gasteiger partial charge is 0.410 e. The largest absolute Gasteiger partial charge is 0.474 e. The fourth-order valence-corrected chi connectivity index (χ4v) is 4.57. The summed E-state index contributed by atoms with van der Waals surface area (Å²) in [6.07, 6.45) is -0.327. The molecule has 1 aromatic heterocycles. The van der Waals surface area contributed by atoms with Crippen LogP contribution in [0.4, 0.5) is 9.18 Å². The van der Waals surface area contributed by atoms with Crippen molar-refractivity contribution in [3.8, 4) is 17.1 Å². The Morgan fingerprint density at radius 1 is 1.18 bits per heavy atom. The number of β-lactam (4-membered cyclic amide) rings is 1. The van der Waals surface area contributed by atoms with Crippen LogP contribution in [0.5, 0.6) is 5.88 Å². The Bertz CT molecular complexity index is 1100. The van der Waals surface area contributed by atoms with E-state index in [9.17, 15) is 14.0 Å². The molecule has 3 aliphatic rings. The lowest BCUT2D eigenvalue weighted by molar-refractivity contribution is -0.132. The highest BCUT2D eigenvalue weighted by molar-refractivity contribution is 5.94. The van der Waals surface area contributed by atoms with Gasteiger partial charge in [0, 0.05) is 43.1 Å². The molecule has 174 valence electrons. The third-order valence-electron chi connectivity index (χ3n) is 6.71.